The molecule has 122 valence electrons. The van der Waals surface area contributed by atoms with E-state index < -0.39 is 0 Å². The molecule has 1 rings (SSSR count). The predicted octanol–water partition coefficient (Wildman–Crippen LogP) is 1.73. The normalized spacial score (nSPS) is 10.8. The van der Waals surface area contributed by atoms with E-state index in [4.69, 9.17) is 5.73 Å². The average Bonchev–Trinajstić information content (AvgIpc) is 2.82. The highest BCUT2D eigenvalue weighted by molar-refractivity contribution is 7.09. The zero-order valence-corrected chi connectivity index (χ0v) is 15.0. The summed E-state index contributed by atoms with van der Waals surface area (Å²) in [6.45, 7) is 7.16. The van der Waals surface area contributed by atoms with Gasteiger partial charge in [0.15, 0.2) is 0 Å². The molecule has 2 N–H and O–H groups in total. The first kappa shape index (κ1) is 20.3. The van der Waals surface area contributed by atoms with E-state index in [1.54, 1.807) is 0 Å². The molecule has 7 heteroatoms. The van der Waals surface area contributed by atoms with Crippen molar-refractivity contribution in [2.45, 2.75) is 20.3 Å². The molecule has 1 aromatic rings. The van der Waals surface area contributed by atoms with Crippen LogP contribution >= 0.6 is 23.7 Å². The van der Waals surface area contributed by atoms with E-state index in [9.17, 15) is 4.79 Å². The number of carbonyl (C=O) groups excluding carboxylic acids is 1. The van der Waals surface area contributed by atoms with Gasteiger partial charge in [0.05, 0.1) is 5.01 Å². The number of halogens is 1. The first-order valence-corrected chi connectivity index (χ1v) is 7.90. The fourth-order valence-corrected chi connectivity index (χ4v) is 2.63. The molecule has 0 spiro atoms. The number of nitrogens with zero attached hydrogens (tertiary/aromatic N) is 3. The van der Waals surface area contributed by atoms with Crippen LogP contribution in [0.4, 0.5) is 0 Å². The van der Waals surface area contributed by atoms with E-state index in [1.807, 2.05) is 24.4 Å². The number of amides is 1. The minimum absolute atomic E-state index is 0. The number of nitrogens with two attached hydrogens (primary N) is 1. The first-order valence-electron chi connectivity index (χ1n) is 7.02. The van der Waals surface area contributed by atoms with E-state index in [0.717, 1.165) is 31.1 Å². The van der Waals surface area contributed by atoms with Crippen LogP contribution in [0.25, 0.3) is 0 Å². The van der Waals surface area contributed by atoms with Gasteiger partial charge < -0.3 is 15.5 Å². The molecule has 1 aromatic heterocycles. The summed E-state index contributed by atoms with van der Waals surface area (Å²) < 4.78 is 0. The third kappa shape index (κ3) is 7.22. The number of hydrogen-bond acceptors (Lipinski definition) is 5. The van der Waals surface area contributed by atoms with Crippen LogP contribution in [0, 0.1) is 5.92 Å². The Kier molecular flexibility index (Phi) is 9.77. The van der Waals surface area contributed by atoms with Crippen molar-refractivity contribution in [3.8, 4) is 0 Å². The lowest BCUT2D eigenvalue weighted by molar-refractivity contribution is 0.0719. The van der Waals surface area contributed by atoms with Crippen molar-refractivity contribution in [3.05, 3.63) is 16.1 Å². The van der Waals surface area contributed by atoms with Crippen molar-refractivity contribution in [1.82, 2.24) is 14.8 Å². The average molecular weight is 335 g/mol. The second-order valence-electron chi connectivity index (χ2n) is 5.61. The maximum absolute atomic E-state index is 12.5. The molecule has 0 saturated heterocycles. The number of thiazole rings is 1. The molecule has 0 saturated carbocycles. The summed E-state index contributed by atoms with van der Waals surface area (Å²) in [6.07, 6.45) is 0.736. The number of rotatable bonds is 8. The Balaban J connectivity index is 0.00000400. The number of carbonyl (C=O) groups is 1. The van der Waals surface area contributed by atoms with Crippen LogP contribution in [0.2, 0.25) is 0 Å². The molecule has 0 aliphatic rings. The maximum atomic E-state index is 12.5. The van der Waals surface area contributed by atoms with Crippen molar-refractivity contribution in [1.29, 1.82) is 0 Å². The minimum atomic E-state index is 0. The Labute approximate surface area is 137 Å². The van der Waals surface area contributed by atoms with Gasteiger partial charge >= 0.3 is 0 Å². The SMILES string of the molecule is CC(C)CN(CCN(C)C)C(=O)c1csc(CCN)n1.Cl. The molecule has 21 heavy (non-hydrogen) atoms. The fourth-order valence-electron chi connectivity index (χ4n) is 1.85. The van der Waals surface area contributed by atoms with E-state index in [-0.39, 0.29) is 18.3 Å². The molecule has 1 amide bonds. The zero-order chi connectivity index (χ0) is 15.1. The van der Waals surface area contributed by atoms with Gasteiger partial charge in [-0.1, -0.05) is 13.8 Å². The van der Waals surface area contributed by atoms with Crippen LogP contribution in [0.3, 0.4) is 0 Å². The standard InChI is InChI=1S/C14H26N4OS.ClH/c1-11(2)9-18(8-7-17(3)4)14(19)12-10-20-13(16-12)5-6-15;/h10-11H,5-9,15H2,1-4H3;1H. The smallest absolute Gasteiger partial charge is 0.273 e. The Morgan fingerprint density at radius 2 is 2.05 bits per heavy atom. The molecule has 0 aromatic carbocycles. The monoisotopic (exact) mass is 334 g/mol. The molecule has 0 radical (unpaired) electrons. The summed E-state index contributed by atoms with van der Waals surface area (Å²) in [4.78, 5) is 20.9. The van der Waals surface area contributed by atoms with E-state index >= 15 is 0 Å². The van der Waals surface area contributed by atoms with Crippen LogP contribution < -0.4 is 5.73 Å². The molecule has 0 bridgehead atoms. The van der Waals surface area contributed by atoms with E-state index in [1.165, 1.54) is 11.3 Å². The molecule has 0 aliphatic carbocycles. The highest BCUT2D eigenvalue weighted by Crippen LogP contribution is 2.13. The topological polar surface area (TPSA) is 62.5 Å². The minimum Gasteiger partial charge on any atom is -0.336 e. The molecule has 5 nitrogen and oxygen atoms in total. The molecule has 1 heterocycles. The van der Waals surface area contributed by atoms with Crippen LogP contribution in [0.15, 0.2) is 5.38 Å². The molecule has 0 atom stereocenters. The van der Waals surface area contributed by atoms with E-state index in [0.29, 0.717) is 18.2 Å². The molecule has 0 unspecified atom stereocenters. The highest BCUT2D eigenvalue weighted by Gasteiger charge is 2.19. The summed E-state index contributed by atoms with van der Waals surface area (Å²) in [5, 5.41) is 2.78. The largest absolute Gasteiger partial charge is 0.336 e. The second kappa shape index (κ2) is 10.1. The lowest BCUT2D eigenvalue weighted by Gasteiger charge is -2.25. The molecule has 0 aliphatic heterocycles. The summed E-state index contributed by atoms with van der Waals surface area (Å²) in [6, 6.07) is 0. The molecular weight excluding hydrogens is 308 g/mol. The zero-order valence-electron chi connectivity index (χ0n) is 13.3. The van der Waals surface area contributed by atoms with Gasteiger partial charge in [0.25, 0.3) is 5.91 Å². The summed E-state index contributed by atoms with van der Waals surface area (Å²) in [5.41, 5.74) is 6.07. The summed E-state index contributed by atoms with van der Waals surface area (Å²) >= 11 is 1.51. The number of hydrogen-bond donors (Lipinski definition) is 1. The van der Waals surface area contributed by atoms with Gasteiger partial charge in [0.2, 0.25) is 0 Å². The second-order valence-corrected chi connectivity index (χ2v) is 6.56. The fraction of sp³-hybridized carbons (Fsp3) is 0.714. The van der Waals surface area contributed by atoms with Gasteiger partial charge in [-0.2, -0.15) is 0 Å². The quantitative estimate of drug-likeness (QED) is 0.786. The highest BCUT2D eigenvalue weighted by atomic mass is 35.5. The lowest BCUT2D eigenvalue weighted by atomic mass is 10.2. The van der Waals surface area contributed by atoms with Crippen molar-refractivity contribution in [2.75, 3.05) is 40.3 Å². The van der Waals surface area contributed by atoms with Crippen molar-refractivity contribution < 1.29 is 4.79 Å². The Morgan fingerprint density at radius 1 is 1.38 bits per heavy atom. The van der Waals surface area contributed by atoms with Crippen LogP contribution in [0.5, 0.6) is 0 Å². The van der Waals surface area contributed by atoms with Gasteiger partial charge in [0.1, 0.15) is 5.69 Å². The van der Waals surface area contributed by atoms with Crippen molar-refractivity contribution >= 4 is 29.7 Å². The molecular formula is C14H27ClN4OS. The van der Waals surface area contributed by atoms with Crippen molar-refractivity contribution in [3.63, 3.8) is 0 Å². The van der Waals surface area contributed by atoms with Gasteiger partial charge in [-0.05, 0) is 26.6 Å². The Bertz CT molecular complexity index is 423. The molecule has 0 fully saturated rings. The Morgan fingerprint density at radius 3 is 2.57 bits per heavy atom. The van der Waals surface area contributed by atoms with E-state index in [2.05, 4.69) is 23.7 Å². The third-order valence-corrected chi connectivity index (χ3v) is 3.73. The van der Waals surface area contributed by atoms with Gasteiger partial charge in [-0.3, -0.25) is 4.79 Å². The summed E-state index contributed by atoms with van der Waals surface area (Å²) in [5.74, 6) is 0.475. The van der Waals surface area contributed by atoms with Gasteiger partial charge in [-0.25, -0.2) is 4.98 Å². The van der Waals surface area contributed by atoms with Crippen molar-refractivity contribution in [2.24, 2.45) is 11.7 Å². The maximum Gasteiger partial charge on any atom is 0.273 e. The third-order valence-electron chi connectivity index (χ3n) is 2.82. The van der Waals surface area contributed by atoms with Crippen LogP contribution in [0.1, 0.15) is 29.3 Å². The van der Waals surface area contributed by atoms with Crippen LogP contribution in [-0.4, -0.2) is 61.0 Å². The summed E-state index contributed by atoms with van der Waals surface area (Å²) in [7, 11) is 4.03. The van der Waals surface area contributed by atoms with Gasteiger partial charge in [-0.15, -0.1) is 23.7 Å². The number of likely N-dealkylation sites (N-methyl/N-ethyl adjacent to an activating group) is 1. The first-order chi connectivity index (χ1) is 9.43. The predicted molar refractivity (Wildman–Crippen MR) is 91.4 cm³/mol. The number of aromatic nitrogens is 1. The van der Waals surface area contributed by atoms with Crippen LogP contribution in [-0.2, 0) is 6.42 Å². The Hall–Kier alpha value is -0.690. The lowest BCUT2D eigenvalue weighted by Crippen LogP contribution is -2.39. The van der Waals surface area contributed by atoms with Gasteiger partial charge in [0, 0.05) is 31.4 Å².